The summed E-state index contributed by atoms with van der Waals surface area (Å²) >= 11 is 0. The third kappa shape index (κ3) is 4.12. The first kappa shape index (κ1) is 28.0. The van der Waals surface area contributed by atoms with Crippen LogP contribution in [0.2, 0.25) is 0 Å². The molecule has 8 aromatic carbocycles. The fourth-order valence-corrected chi connectivity index (χ4v) is 8.40. The fraction of sp³-hybridized carbons (Fsp3) is 0. The molecule has 0 unspecified atom stereocenters. The Kier molecular flexibility index (Phi) is 5.96. The van der Waals surface area contributed by atoms with E-state index in [0.29, 0.717) is 0 Å². The van der Waals surface area contributed by atoms with Gasteiger partial charge in [0.15, 0.2) is 0 Å². The van der Waals surface area contributed by atoms with Crippen molar-refractivity contribution in [2.24, 2.45) is 0 Å². The Morgan fingerprint density at radius 1 is 0.216 bits per heavy atom. The molecule has 3 aromatic heterocycles. The third-order valence-corrected chi connectivity index (χ3v) is 10.6. The summed E-state index contributed by atoms with van der Waals surface area (Å²) in [5.41, 5.74) is 13.1. The van der Waals surface area contributed by atoms with Gasteiger partial charge in [0.1, 0.15) is 0 Å². The second-order valence-corrected chi connectivity index (χ2v) is 13.4. The van der Waals surface area contributed by atoms with Crippen LogP contribution in [0.1, 0.15) is 0 Å². The number of fused-ring (bicyclic) bond motifs is 9. The molecule has 0 fully saturated rings. The minimum atomic E-state index is 1.15. The Bertz CT molecular complexity index is 3120. The van der Waals surface area contributed by atoms with Crippen molar-refractivity contribution in [1.82, 2.24) is 13.7 Å². The normalized spacial score (nSPS) is 11.9. The van der Waals surface area contributed by atoms with Crippen LogP contribution >= 0.6 is 0 Å². The Labute approximate surface area is 294 Å². The van der Waals surface area contributed by atoms with Gasteiger partial charge in [-0.3, -0.25) is 0 Å². The summed E-state index contributed by atoms with van der Waals surface area (Å²) in [4.78, 5) is 0. The van der Waals surface area contributed by atoms with Gasteiger partial charge >= 0.3 is 0 Å². The van der Waals surface area contributed by atoms with Crippen LogP contribution in [0.5, 0.6) is 0 Å². The van der Waals surface area contributed by atoms with E-state index in [1.54, 1.807) is 0 Å². The SMILES string of the molecule is c1ccc(-c2cccc(-n3c4ccccc4c4cc(-n5c6ccccc6c6cc7c8ccccc8n(-c8ccccc8)c7cc65)ccc43)c2)cc1. The van der Waals surface area contributed by atoms with E-state index in [0.717, 1.165) is 17.1 Å². The van der Waals surface area contributed by atoms with Crippen molar-refractivity contribution in [3.8, 4) is 28.2 Å². The van der Waals surface area contributed by atoms with Crippen LogP contribution in [0.15, 0.2) is 188 Å². The van der Waals surface area contributed by atoms with Gasteiger partial charge < -0.3 is 13.7 Å². The maximum atomic E-state index is 2.46. The topological polar surface area (TPSA) is 14.8 Å². The second kappa shape index (κ2) is 10.8. The summed E-state index contributed by atoms with van der Waals surface area (Å²) in [5, 5.41) is 7.52. The first-order valence-corrected chi connectivity index (χ1v) is 17.5. The Hall–Kier alpha value is -6.84. The van der Waals surface area contributed by atoms with E-state index in [4.69, 9.17) is 0 Å². The molecule has 3 nitrogen and oxygen atoms in total. The van der Waals surface area contributed by atoms with E-state index in [2.05, 4.69) is 202 Å². The van der Waals surface area contributed by atoms with Crippen LogP contribution in [0, 0.1) is 0 Å². The molecule has 238 valence electrons. The predicted octanol–water partition coefficient (Wildman–Crippen LogP) is 12.6. The molecule has 0 bridgehead atoms. The van der Waals surface area contributed by atoms with Crippen LogP contribution in [0.25, 0.3) is 93.6 Å². The molecule has 0 aliphatic heterocycles. The molecule has 0 atom stereocenters. The Morgan fingerprint density at radius 3 is 1.27 bits per heavy atom. The number of aromatic nitrogens is 3. The highest BCUT2D eigenvalue weighted by Gasteiger charge is 2.20. The Morgan fingerprint density at radius 2 is 0.647 bits per heavy atom. The van der Waals surface area contributed by atoms with Crippen LogP contribution in [-0.2, 0) is 0 Å². The van der Waals surface area contributed by atoms with E-state index < -0.39 is 0 Å². The van der Waals surface area contributed by atoms with Gasteiger partial charge in [0, 0.05) is 49.4 Å². The monoisotopic (exact) mass is 649 g/mol. The number of nitrogens with zero attached hydrogens (tertiary/aromatic N) is 3. The summed E-state index contributed by atoms with van der Waals surface area (Å²) in [6.45, 7) is 0. The summed E-state index contributed by atoms with van der Waals surface area (Å²) in [6, 6.07) is 68.4. The minimum Gasteiger partial charge on any atom is -0.309 e. The number of benzene rings is 8. The van der Waals surface area contributed by atoms with Crippen LogP contribution in [-0.4, -0.2) is 13.7 Å². The molecule has 0 spiro atoms. The molecule has 11 aromatic rings. The zero-order chi connectivity index (χ0) is 33.5. The van der Waals surface area contributed by atoms with E-state index in [1.807, 2.05) is 0 Å². The molecule has 0 saturated heterocycles. The first-order chi connectivity index (χ1) is 25.3. The van der Waals surface area contributed by atoms with Crippen LogP contribution < -0.4 is 0 Å². The Balaban J connectivity index is 1.19. The summed E-state index contributed by atoms with van der Waals surface area (Å²) < 4.78 is 7.28. The smallest absolute Gasteiger partial charge is 0.0562 e. The second-order valence-electron chi connectivity index (χ2n) is 13.4. The zero-order valence-electron chi connectivity index (χ0n) is 27.7. The lowest BCUT2D eigenvalue weighted by Crippen LogP contribution is -1.97. The van der Waals surface area contributed by atoms with Crippen molar-refractivity contribution in [2.75, 3.05) is 0 Å². The van der Waals surface area contributed by atoms with E-state index in [1.165, 1.54) is 76.5 Å². The highest BCUT2D eigenvalue weighted by molar-refractivity contribution is 6.19. The standard InChI is InChI=1S/C48H31N3/c1-3-14-32(15-4-1)33-16-13-19-35(28-33)50-44-24-11-7-20-37(44)40-29-36(26-27-46(40)50)51-45-25-12-9-22-39(45)42-30-41-38-21-8-10-23-43(38)49(47(41)31-48(42)51)34-17-5-2-6-18-34/h1-31H. The third-order valence-electron chi connectivity index (χ3n) is 10.6. The van der Waals surface area contributed by atoms with E-state index in [-0.39, 0.29) is 0 Å². The average molecular weight is 650 g/mol. The van der Waals surface area contributed by atoms with Crippen molar-refractivity contribution in [1.29, 1.82) is 0 Å². The van der Waals surface area contributed by atoms with Crippen molar-refractivity contribution >= 4 is 65.4 Å². The fourth-order valence-electron chi connectivity index (χ4n) is 8.40. The molecule has 51 heavy (non-hydrogen) atoms. The molecule has 11 rings (SSSR count). The van der Waals surface area contributed by atoms with Gasteiger partial charge in [-0.25, -0.2) is 0 Å². The molecule has 0 saturated carbocycles. The molecule has 3 heteroatoms. The van der Waals surface area contributed by atoms with Gasteiger partial charge in [-0.15, -0.1) is 0 Å². The molecule has 0 aliphatic rings. The van der Waals surface area contributed by atoms with Crippen LogP contribution in [0.4, 0.5) is 0 Å². The van der Waals surface area contributed by atoms with Crippen LogP contribution in [0.3, 0.4) is 0 Å². The zero-order valence-corrected chi connectivity index (χ0v) is 27.7. The summed E-state index contributed by atoms with van der Waals surface area (Å²) in [7, 11) is 0. The highest BCUT2D eigenvalue weighted by atomic mass is 15.0. The van der Waals surface area contributed by atoms with Crippen molar-refractivity contribution < 1.29 is 0 Å². The van der Waals surface area contributed by atoms with Gasteiger partial charge in [-0.1, -0.05) is 115 Å². The van der Waals surface area contributed by atoms with Gasteiger partial charge in [0.25, 0.3) is 0 Å². The lowest BCUT2D eigenvalue weighted by Gasteiger charge is -2.12. The largest absolute Gasteiger partial charge is 0.309 e. The molecular weight excluding hydrogens is 619 g/mol. The average Bonchev–Trinajstić information content (AvgIpc) is 3.83. The highest BCUT2D eigenvalue weighted by Crippen LogP contribution is 2.41. The van der Waals surface area contributed by atoms with E-state index >= 15 is 0 Å². The first-order valence-electron chi connectivity index (χ1n) is 17.5. The lowest BCUT2D eigenvalue weighted by molar-refractivity contribution is 1.16. The van der Waals surface area contributed by atoms with Gasteiger partial charge in [-0.2, -0.15) is 0 Å². The quantitative estimate of drug-likeness (QED) is 0.180. The van der Waals surface area contributed by atoms with Crippen molar-refractivity contribution in [3.05, 3.63) is 188 Å². The number of para-hydroxylation sites is 4. The molecule has 0 amide bonds. The van der Waals surface area contributed by atoms with Crippen molar-refractivity contribution in [2.45, 2.75) is 0 Å². The van der Waals surface area contributed by atoms with Gasteiger partial charge in [0.05, 0.1) is 33.1 Å². The number of hydrogen-bond acceptors (Lipinski definition) is 0. The van der Waals surface area contributed by atoms with Gasteiger partial charge in [0.2, 0.25) is 0 Å². The van der Waals surface area contributed by atoms with Crippen molar-refractivity contribution in [3.63, 3.8) is 0 Å². The lowest BCUT2D eigenvalue weighted by atomic mass is 10.1. The maximum Gasteiger partial charge on any atom is 0.0562 e. The molecule has 3 heterocycles. The predicted molar refractivity (Wildman–Crippen MR) is 215 cm³/mol. The minimum absolute atomic E-state index is 1.15. The summed E-state index contributed by atoms with van der Waals surface area (Å²) in [6.07, 6.45) is 0. The molecule has 0 radical (unpaired) electrons. The molecular formula is C48H31N3. The maximum absolute atomic E-state index is 2.46. The number of rotatable bonds is 4. The van der Waals surface area contributed by atoms with Gasteiger partial charge in [-0.05, 0) is 83.9 Å². The summed E-state index contributed by atoms with van der Waals surface area (Å²) in [5.74, 6) is 0. The van der Waals surface area contributed by atoms with E-state index in [9.17, 15) is 0 Å². The molecule has 0 aliphatic carbocycles. The number of hydrogen-bond donors (Lipinski definition) is 0. The molecule has 0 N–H and O–H groups in total.